The number of ketones is 1. The zero-order valence-corrected chi connectivity index (χ0v) is 12.5. The molecule has 0 atom stereocenters. The van der Waals surface area contributed by atoms with Gasteiger partial charge in [-0.05, 0) is 17.7 Å². The van der Waals surface area contributed by atoms with Gasteiger partial charge in [0, 0.05) is 5.56 Å². The van der Waals surface area contributed by atoms with Crippen molar-refractivity contribution in [1.29, 1.82) is 0 Å². The smallest absolute Gasteiger partial charge is 0.416 e. The zero-order valence-electron chi connectivity index (χ0n) is 12.5. The summed E-state index contributed by atoms with van der Waals surface area (Å²) in [5.41, 5.74) is -0.273. The summed E-state index contributed by atoms with van der Waals surface area (Å²) in [5.74, 6) is -0.641. The van der Waals surface area contributed by atoms with Gasteiger partial charge in [-0.3, -0.25) is 4.79 Å². The molecular weight excluding hydrogens is 323 g/mol. The van der Waals surface area contributed by atoms with E-state index in [1.165, 1.54) is 6.07 Å². The van der Waals surface area contributed by atoms with E-state index < -0.39 is 30.2 Å². The van der Waals surface area contributed by atoms with Gasteiger partial charge in [-0.25, -0.2) is 4.79 Å². The second-order valence-corrected chi connectivity index (χ2v) is 4.92. The molecule has 126 valence electrons. The quantitative estimate of drug-likeness (QED) is 0.844. The van der Waals surface area contributed by atoms with Gasteiger partial charge in [0.25, 0.3) is 0 Å². The summed E-state index contributed by atoms with van der Waals surface area (Å²) < 4.78 is 42.7. The number of carbonyl (C=O) groups is 2. The highest BCUT2D eigenvalue weighted by Gasteiger charge is 2.30. The van der Waals surface area contributed by atoms with E-state index in [0.717, 1.165) is 23.8 Å². The number of Topliss-reactive ketones (excluding diaryl/α,β-unsaturated/α-hetero) is 1. The highest BCUT2D eigenvalue weighted by atomic mass is 19.4. The summed E-state index contributed by atoms with van der Waals surface area (Å²) in [4.78, 5) is 23.4. The van der Waals surface area contributed by atoms with Gasteiger partial charge < -0.3 is 10.1 Å². The molecule has 0 aromatic heterocycles. The average Bonchev–Trinajstić information content (AvgIpc) is 2.58. The van der Waals surface area contributed by atoms with Crippen LogP contribution in [0.3, 0.4) is 0 Å². The first-order valence-electron chi connectivity index (χ1n) is 7.01. The van der Waals surface area contributed by atoms with E-state index in [4.69, 9.17) is 4.74 Å². The monoisotopic (exact) mass is 337 g/mol. The maximum absolute atomic E-state index is 12.6. The highest BCUT2D eigenvalue weighted by Crippen LogP contribution is 2.29. The summed E-state index contributed by atoms with van der Waals surface area (Å²) in [5, 5.41) is 2.22. The van der Waals surface area contributed by atoms with Crippen LogP contribution in [0.25, 0.3) is 0 Å². The van der Waals surface area contributed by atoms with Crippen molar-refractivity contribution in [1.82, 2.24) is 5.32 Å². The summed E-state index contributed by atoms with van der Waals surface area (Å²) >= 11 is 0. The van der Waals surface area contributed by atoms with Crippen LogP contribution in [0.2, 0.25) is 0 Å². The Kier molecular flexibility index (Phi) is 5.57. The molecule has 0 radical (unpaired) electrons. The number of alkyl carbamates (subject to hydrolysis) is 1. The molecule has 0 aliphatic rings. The van der Waals surface area contributed by atoms with Gasteiger partial charge in [-0.2, -0.15) is 13.2 Å². The molecule has 4 nitrogen and oxygen atoms in total. The maximum atomic E-state index is 12.6. The van der Waals surface area contributed by atoms with E-state index in [1.807, 2.05) is 6.07 Å². The number of rotatable bonds is 5. The number of halogens is 3. The lowest BCUT2D eigenvalue weighted by atomic mass is 10.1. The molecule has 0 saturated heterocycles. The van der Waals surface area contributed by atoms with Crippen LogP contribution in [-0.4, -0.2) is 18.4 Å². The van der Waals surface area contributed by atoms with Crippen molar-refractivity contribution < 1.29 is 27.5 Å². The van der Waals surface area contributed by atoms with Crippen molar-refractivity contribution >= 4 is 11.9 Å². The number of carbonyl (C=O) groups excluding carboxylic acids is 2. The summed E-state index contributed by atoms with van der Waals surface area (Å²) in [6, 6.07) is 12.9. The van der Waals surface area contributed by atoms with Crippen LogP contribution in [0.4, 0.5) is 18.0 Å². The Morgan fingerprint density at radius 3 is 2.38 bits per heavy atom. The number of nitrogens with one attached hydrogen (secondary N) is 1. The fourth-order valence-electron chi connectivity index (χ4n) is 1.90. The fourth-order valence-corrected chi connectivity index (χ4v) is 1.90. The van der Waals surface area contributed by atoms with Crippen LogP contribution in [0, 0.1) is 0 Å². The summed E-state index contributed by atoms with van der Waals surface area (Å²) in [6.45, 7) is -0.417. The Balaban J connectivity index is 1.85. The lowest BCUT2D eigenvalue weighted by Gasteiger charge is -2.09. The predicted octanol–water partition coefficient (Wildman–Crippen LogP) is 3.81. The Bertz CT molecular complexity index is 715. The van der Waals surface area contributed by atoms with E-state index in [9.17, 15) is 22.8 Å². The Labute approximate surface area is 136 Å². The first-order chi connectivity index (χ1) is 11.4. The van der Waals surface area contributed by atoms with Crippen molar-refractivity contribution in [2.24, 2.45) is 0 Å². The van der Waals surface area contributed by atoms with Crippen LogP contribution >= 0.6 is 0 Å². The van der Waals surface area contributed by atoms with Crippen molar-refractivity contribution in [3.05, 3.63) is 71.3 Å². The molecule has 2 rings (SSSR count). The molecule has 1 amide bonds. The largest absolute Gasteiger partial charge is 0.445 e. The second kappa shape index (κ2) is 7.63. The van der Waals surface area contributed by atoms with E-state index in [0.29, 0.717) is 0 Å². The average molecular weight is 337 g/mol. The SMILES string of the molecule is O=C(NCC(=O)c1cccc(C(F)(F)F)c1)OCc1ccccc1. The van der Waals surface area contributed by atoms with E-state index >= 15 is 0 Å². The van der Waals surface area contributed by atoms with Gasteiger partial charge in [0.2, 0.25) is 0 Å². The fraction of sp³-hybridized carbons (Fsp3) is 0.176. The number of benzene rings is 2. The van der Waals surface area contributed by atoms with E-state index in [-0.39, 0.29) is 12.2 Å². The van der Waals surface area contributed by atoms with Crippen molar-refractivity contribution in [2.75, 3.05) is 6.54 Å². The van der Waals surface area contributed by atoms with Gasteiger partial charge in [-0.15, -0.1) is 0 Å². The minimum atomic E-state index is -4.53. The zero-order chi connectivity index (χ0) is 17.6. The topological polar surface area (TPSA) is 55.4 Å². The molecule has 2 aromatic rings. The van der Waals surface area contributed by atoms with Crippen molar-refractivity contribution in [3.63, 3.8) is 0 Å². The highest BCUT2D eigenvalue weighted by molar-refractivity contribution is 5.99. The molecule has 2 aromatic carbocycles. The van der Waals surface area contributed by atoms with Gasteiger partial charge in [0.1, 0.15) is 6.61 Å². The molecule has 0 aliphatic heterocycles. The van der Waals surface area contributed by atoms with E-state index in [1.54, 1.807) is 24.3 Å². The minimum Gasteiger partial charge on any atom is -0.445 e. The Morgan fingerprint density at radius 2 is 1.71 bits per heavy atom. The molecule has 0 bridgehead atoms. The second-order valence-electron chi connectivity index (χ2n) is 4.92. The molecule has 0 aliphatic carbocycles. The number of ether oxygens (including phenoxy) is 1. The Hall–Kier alpha value is -2.83. The third kappa shape index (κ3) is 5.12. The lowest BCUT2D eigenvalue weighted by Crippen LogP contribution is -2.30. The lowest BCUT2D eigenvalue weighted by molar-refractivity contribution is -0.137. The van der Waals surface area contributed by atoms with Gasteiger partial charge in [-0.1, -0.05) is 42.5 Å². The number of amides is 1. The summed E-state index contributed by atoms with van der Waals surface area (Å²) in [6.07, 6.45) is -5.35. The molecule has 0 fully saturated rings. The first kappa shape index (κ1) is 17.5. The number of hydrogen-bond donors (Lipinski definition) is 1. The van der Waals surface area contributed by atoms with Gasteiger partial charge in [0.15, 0.2) is 5.78 Å². The summed E-state index contributed by atoms with van der Waals surface area (Å²) in [7, 11) is 0. The first-order valence-corrected chi connectivity index (χ1v) is 7.01. The molecule has 0 saturated carbocycles. The third-order valence-corrected chi connectivity index (χ3v) is 3.12. The molecule has 0 heterocycles. The van der Waals surface area contributed by atoms with Crippen LogP contribution in [0.5, 0.6) is 0 Å². The van der Waals surface area contributed by atoms with Crippen LogP contribution in [0.1, 0.15) is 21.5 Å². The number of alkyl halides is 3. The van der Waals surface area contributed by atoms with E-state index in [2.05, 4.69) is 5.32 Å². The van der Waals surface area contributed by atoms with Crippen LogP contribution in [-0.2, 0) is 17.5 Å². The number of hydrogen-bond acceptors (Lipinski definition) is 3. The van der Waals surface area contributed by atoms with Crippen LogP contribution < -0.4 is 5.32 Å². The molecule has 0 spiro atoms. The third-order valence-electron chi connectivity index (χ3n) is 3.12. The standard InChI is InChI=1S/C17H14F3NO3/c18-17(19,20)14-8-4-7-13(9-14)15(22)10-21-16(23)24-11-12-5-2-1-3-6-12/h1-9H,10-11H2,(H,21,23). The van der Waals surface area contributed by atoms with Crippen molar-refractivity contribution in [2.45, 2.75) is 12.8 Å². The Morgan fingerprint density at radius 1 is 1.00 bits per heavy atom. The maximum Gasteiger partial charge on any atom is 0.416 e. The minimum absolute atomic E-state index is 0.0322. The molecule has 7 heteroatoms. The normalized spacial score (nSPS) is 11.0. The molecule has 1 N–H and O–H groups in total. The predicted molar refractivity (Wildman–Crippen MR) is 80.4 cm³/mol. The molecule has 0 unspecified atom stereocenters. The van der Waals surface area contributed by atoms with Crippen molar-refractivity contribution in [3.8, 4) is 0 Å². The van der Waals surface area contributed by atoms with Gasteiger partial charge >= 0.3 is 12.3 Å². The molecular formula is C17H14F3NO3. The van der Waals surface area contributed by atoms with Gasteiger partial charge in [0.05, 0.1) is 12.1 Å². The molecule has 24 heavy (non-hydrogen) atoms. The van der Waals surface area contributed by atoms with Crippen LogP contribution in [0.15, 0.2) is 54.6 Å².